The van der Waals surface area contributed by atoms with E-state index in [1.54, 1.807) is 0 Å². The summed E-state index contributed by atoms with van der Waals surface area (Å²) in [5.41, 5.74) is 7.68. The lowest BCUT2D eigenvalue weighted by atomic mass is 9.68. The molecule has 1 saturated carbocycles. The van der Waals surface area contributed by atoms with Crippen LogP contribution in [-0.2, 0) is 6.54 Å². The van der Waals surface area contributed by atoms with Gasteiger partial charge in [-0.2, -0.15) is 0 Å². The first-order valence-corrected chi connectivity index (χ1v) is 6.69. The molecule has 1 fully saturated rings. The van der Waals surface area contributed by atoms with Crippen molar-refractivity contribution in [2.75, 3.05) is 13.1 Å². The minimum atomic E-state index is 0.268. The Labute approximate surface area is 105 Å². The average Bonchev–Trinajstić information content (AvgIpc) is 2.33. The average molecular weight is 232 g/mol. The smallest absolute Gasteiger partial charge is 0.0340 e. The van der Waals surface area contributed by atoms with E-state index in [0.29, 0.717) is 0 Å². The minimum Gasteiger partial charge on any atom is -0.329 e. The van der Waals surface area contributed by atoms with Gasteiger partial charge in [-0.15, -0.1) is 0 Å². The molecule has 0 bridgehead atoms. The fourth-order valence-electron chi connectivity index (χ4n) is 3.21. The van der Waals surface area contributed by atoms with Crippen LogP contribution in [0.2, 0.25) is 0 Å². The molecule has 0 spiro atoms. The lowest BCUT2D eigenvalue weighted by Crippen LogP contribution is -2.60. The van der Waals surface area contributed by atoms with Crippen LogP contribution < -0.4 is 5.73 Å². The lowest BCUT2D eigenvalue weighted by Gasteiger charge is -2.53. The van der Waals surface area contributed by atoms with E-state index in [2.05, 4.69) is 49.1 Å². The number of benzene rings is 1. The van der Waals surface area contributed by atoms with Crippen molar-refractivity contribution in [2.45, 2.75) is 38.8 Å². The topological polar surface area (TPSA) is 29.3 Å². The van der Waals surface area contributed by atoms with Crippen LogP contribution in [0.25, 0.3) is 0 Å². The molecule has 0 heterocycles. The molecule has 0 atom stereocenters. The van der Waals surface area contributed by atoms with Crippen molar-refractivity contribution in [3.8, 4) is 0 Å². The van der Waals surface area contributed by atoms with Gasteiger partial charge < -0.3 is 5.73 Å². The summed E-state index contributed by atoms with van der Waals surface area (Å²) < 4.78 is 0. The lowest BCUT2D eigenvalue weighted by molar-refractivity contribution is -0.0152. The summed E-state index contributed by atoms with van der Waals surface area (Å²) in [6.07, 6.45) is 2.51. The fraction of sp³-hybridized carbons (Fsp3) is 0.600. The van der Waals surface area contributed by atoms with Gasteiger partial charge in [0, 0.05) is 18.6 Å². The summed E-state index contributed by atoms with van der Waals surface area (Å²) >= 11 is 0. The Balaban J connectivity index is 2.06. The van der Waals surface area contributed by atoms with Crippen molar-refractivity contribution in [3.05, 3.63) is 35.9 Å². The van der Waals surface area contributed by atoms with E-state index in [-0.39, 0.29) is 5.54 Å². The van der Waals surface area contributed by atoms with E-state index < -0.39 is 0 Å². The van der Waals surface area contributed by atoms with E-state index >= 15 is 0 Å². The number of nitrogens with zero attached hydrogens (tertiary/aromatic N) is 1. The highest BCUT2D eigenvalue weighted by Gasteiger charge is 2.44. The van der Waals surface area contributed by atoms with Gasteiger partial charge in [-0.1, -0.05) is 44.2 Å². The van der Waals surface area contributed by atoms with Gasteiger partial charge in [0.1, 0.15) is 0 Å². The molecule has 0 amide bonds. The zero-order valence-corrected chi connectivity index (χ0v) is 11.0. The first-order valence-electron chi connectivity index (χ1n) is 6.69. The van der Waals surface area contributed by atoms with Gasteiger partial charge in [0.25, 0.3) is 0 Å². The molecule has 1 aromatic carbocycles. The molecule has 0 aromatic heterocycles. The van der Waals surface area contributed by atoms with Crippen LogP contribution in [-0.4, -0.2) is 23.5 Å². The summed E-state index contributed by atoms with van der Waals surface area (Å²) in [6.45, 7) is 7.46. The Hall–Kier alpha value is -0.860. The predicted molar refractivity (Wildman–Crippen MR) is 72.7 cm³/mol. The van der Waals surface area contributed by atoms with Crippen LogP contribution in [0.3, 0.4) is 0 Å². The highest BCUT2D eigenvalue weighted by molar-refractivity contribution is 5.16. The second kappa shape index (κ2) is 5.19. The van der Waals surface area contributed by atoms with Crippen molar-refractivity contribution in [3.63, 3.8) is 0 Å². The maximum atomic E-state index is 6.02. The van der Waals surface area contributed by atoms with Crippen LogP contribution in [0.1, 0.15) is 32.3 Å². The summed E-state index contributed by atoms with van der Waals surface area (Å²) in [4.78, 5) is 2.56. The molecule has 1 aromatic rings. The predicted octanol–water partition coefficient (Wildman–Crippen LogP) is 2.64. The molecule has 0 aliphatic heterocycles. The van der Waals surface area contributed by atoms with Gasteiger partial charge in [-0.05, 0) is 30.9 Å². The zero-order chi connectivity index (χ0) is 12.3. The number of nitrogens with two attached hydrogens (primary N) is 1. The monoisotopic (exact) mass is 232 g/mol. The van der Waals surface area contributed by atoms with Crippen molar-refractivity contribution in [1.29, 1.82) is 0 Å². The maximum absolute atomic E-state index is 6.02. The summed E-state index contributed by atoms with van der Waals surface area (Å²) in [5.74, 6) is 0.836. The Morgan fingerprint density at radius 3 is 2.41 bits per heavy atom. The second-order valence-electron chi connectivity index (χ2n) is 5.44. The Bertz CT molecular complexity index is 341. The first-order chi connectivity index (χ1) is 8.20. The third kappa shape index (κ3) is 2.53. The van der Waals surface area contributed by atoms with Crippen LogP contribution in [0.5, 0.6) is 0 Å². The molecule has 2 N–H and O–H groups in total. The number of hydrogen-bond donors (Lipinski definition) is 1. The Morgan fingerprint density at radius 1 is 1.29 bits per heavy atom. The standard InChI is InChI=1S/C15H24N2/c1-3-17(11-14-7-5-4-6-8-14)15(12-16)9-13(2)10-15/h4-8,13H,3,9-12,16H2,1-2H3. The van der Waals surface area contributed by atoms with Gasteiger partial charge in [0.05, 0.1) is 0 Å². The largest absolute Gasteiger partial charge is 0.329 e. The number of hydrogen-bond acceptors (Lipinski definition) is 2. The van der Waals surface area contributed by atoms with Gasteiger partial charge in [-0.25, -0.2) is 0 Å². The van der Waals surface area contributed by atoms with E-state index in [1.165, 1.54) is 18.4 Å². The molecular formula is C15H24N2. The van der Waals surface area contributed by atoms with Gasteiger partial charge in [-0.3, -0.25) is 4.90 Å². The first kappa shape index (κ1) is 12.6. The quantitative estimate of drug-likeness (QED) is 0.845. The fourth-order valence-corrected chi connectivity index (χ4v) is 3.21. The minimum absolute atomic E-state index is 0.268. The maximum Gasteiger partial charge on any atom is 0.0340 e. The van der Waals surface area contributed by atoms with E-state index in [0.717, 1.165) is 25.6 Å². The molecule has 1 aliphatic carbocycles. The molecular weight excluding hydrogens is 208 g/mol. The Morgan fingerprint density at radius 2 is 1.94 bits per heavy atom. The number of rotatable bonds is 5. The highest BCUT2D eigenvalue weighted by Crippen LogP contribution is 2.42. The molecule has 0 unspecified atom stereocenters. The van der Waals surface area contributed by atoms with E-state index in [1.807, 2.05) is 0 Å². The molecule has 2 rings (SSSR count). The van der Waals surface area contributed by atoms with Crippen molar-refractivity contribution >= 4 is 0 Å². The summed E-state index contributed by atoms with van der Waals surface area (Å²) in [7, 11) is 0. The molecule has 17 heavy (non-hydrogen) atoms. The molecule has 2 heteroatoms. The van der Waals surface area contributed by atoms with Crippen molar-refractivity contribution in [2.24, 2.45) is 11.7 Å². The zero-order valence-electron chi connectivity index (χ0n) is 11.0. The summed E-state index contributed by atoms with van der Waals surface area (Å²) in [5, 5.41) is 0. The molecule has 1 aliphatic rings. The molecule has 0 radical (unpaired) electrons. The third-order valence-electron chi connectivity index (χ3n) is 4.11. The van der Waals surface area contributed by atoms with Gasteiger partial charge in [0.15, 0.2) is 0 Å². The van der Waals surface area contributed by atoms with E-state index in [9.17, 15) is 0 Å². The Kier molecular flexibility index (Phi) is 3.85. The van der Waals surface area contributed by atoms with Gasteiger partial charge >= 0.3 is 0 Å². The second-order valence-corrected chi connectivity index (χ2v) is 5.44. The molecule has 0 saturated heterocycles. The van der Waals surface area contributed by atoms with E-state index in [4.69, 9.17) is 5.73 Å². The molecule has 94 valence electrons. The van der Waals surface area contributed by atoms with Crippen molar-refractivity contribution < 1.29 is 0 Å². The SMILES string of the molecule is CCN(Cc1ccccc1)C1(CN)CC(C)C1. The van der Waals surface area contributed by atoms with Gasteiger partial charge in [0.2, 0.25) is 0 Å². The third-order valence-corrected chi connectivity index (χ3v) is 4.11. The van der Waals surface area contributed by atoms with Crippen LogP contribution in [0.4, 0.5) is 0 Å². The van der Waals surface area contributed by atoms with Crippen LogP contribution in [0.15, 0.2) is 30.3 Å². The van der Waals surface area contributed by atoms with Crippen LogP contribution in [0, 0.1) is 5.92 Å². The van der Waals surface area contributed by atoms with Crippen molar-refractivity contribution in [1.82, 2.24) is 4.90 Å². The normalized spacial score (nSPS) is 28.1. The summed E-state index contributed by atoms with van der Waals surface area (Å²) in [6, 6.07) is 10.7. The van der Waals surface area contributed by atoms with Crippen LogP contribution >= 0.6 is 0 Å². The highest BCUT2D eigenvalue weighted by atomic mass is 15.2. The molecule has 2 nitrogen and oxygen atoms in total. The number of likely N-dealkylation sites (N-methyl/N-ethyl adjacent to an activating group) is 1.